The van der Waals surface area contributed by atoms with Gasteiger partial charge in [0.05, 0.1) is 11.7 Å². The Kier molecular flexibility index (Phi) is 8.00. The molecule has 2 amide bonds. The van der Waals surface area contributed by atoms with Crippen LogP contribution in [0.5, 0.6) is 0 Å². The molecule has 0 spiro atoms. The maximum Gasteiger partial charge on any atom is 1.00 e. The van der Waals surface area contributed by atoms with Crippen molar-refractivity contribution in [2.75, 3.05) is 4.90 Å². The SMILES string of the molecule is CC(C)(C)OC(=O)N(C(=O)OC(C)(C)C)c1nccc(C(=O)[O-])n1.[Na+]. The van der Waals surface area contributed by atoms with Crippen LogP contribution in [0.2, 0.25) is 0 Å². The van der Waals surface area contributed by atoms with Crippen LogP contribution in [0.3, 0.4) is 0 Å². The predicted molar refractivity (Wildman–Crippen MR) is 81.3 cm³/mol. The van der Waals surface area contributed by atoms with Crippen molar-refractivity contribution in [3.05, 3.63) is 18.0 Å². The molecule has 25 heavy (non-hydrogen) atoms. The Labute approximate surface area is 168 Å². The molecule has 0 aliphatic carbocycles. The number of anilines is 1. The smallest absolute Gasteiger partial charge is 0.543 e. The quantitative estimate of drug-likeness (QED) is 0.585. The molecule has 0 atom stereocenters. The molecular weight excluding hydrogens is 341 g/mol. The molecule has 1 aromatic rings. The molecule has 0 aromatic carbocycles. The van der Waals surface area contributed by atoms with Gasteiger partial charge in [0.1, 0.15) is 11.2 Å². The Bertz CT molecular complexity index is 623. The zero-order valence-corrected chi connectivity index (χ0v) is 17.4. The third-order valence-corrected chi connectivity index (χ3v) is 2.20. The average molecular weight is 361 g/mol. The maximum absolute atomic E-state index is 12.3. The fourth-order valence-corrected chi connectivity index (χ4v) is 1.42. The Morgan fingerprint density at radius 1 is 1.00 bits per heavy atom. The van der Waals surface area contributed by atoms with Crippen molar-refractivity contribution in [1.82, 2.24) is 9.97 Å². The normalized spacial score (nSPS) is 11.1. The first kappa shape index (κ1) is 23.3. The van der Waals surface area contributed by atoms with Crippen LogP contribution in [-0.2, 0) is 9.47 Å². The molecule has 0 radical (unpaired) electrons. The van der Waals surface area contributed by atoms with E-state index in [-0.39, 0.29) is 29.6 Å². The number of ether oxygens (including phenoxy) is 2. The van der Waals surface area contributed by atoms with E-state index in [1.165, 1.54) is 0 Å². The zero-order valence-electron chi connectivity index (χ0n) is 15.4. The van der Waals surface area contributed by atoms with Crippen LogP contribution >= 0.6 is 0 Å². The van der Waals surface area contributed by atoms with Gasteiger partial charge in [0.2, 0.25) is 5.95 Å². The minimum absolute atomic E-state index is 0. The molecule has 1 rings (SSSR count). The maximum atomic E-state index is 12.3. The first-order valence-corrected chi connectivity index (χ1v) is 7.10. The van der Waals surface area contributed by atoms with E-state index >= 15 is 0 Å². The fraction of sp³-hybridized carbons (Fsp3) is 0.533. The number of carbonyl (C=O) groups excluding carboxylic acids is 3. The number of amides is 2. The molecule has 132 valence electrons. The zero-order chi connectivity index (χ0) is 18.7. The number of hydrogen-bond donors (Lipinski definition) is 0. The first-order chi connectivity index (χ1) is 10.8. The van der Waals surface area contributed by atoms with Gasteiger partial charge in [-0.05, 0) is 47.6 Å². The molecule has 1 aromatic heterocycles. The van der Waals surface area contributed by atoms with Gasteiger partial charge < -0.3 is 19.4 Å². The van der Waals surface area contributed by atoms with Gasteiger partial charge in [0, 0.05) is 6.20 Å². The van der Waals surface area contributed by atoms with Gasteiger partial charge in [-0.3, -0.25) is 0 Å². The van der Waals surface area contributed by atoms with Crippen molar-refractivity contribution in [3.8, 4) is 0 Å². The van der Waals surface area contributed by atoms with E-state index in [0.717, 1.165) is 12.3 Å². The number of carboxylic acid groups (broad SMARTS) is 1. The van der Waals surface area contributed by atoms with Crippen LogP contribution in [0.15, 0.2) is 12.3 Å². The molecule has 0 unspecified atom stereocenters. The van der Waals surface area contributed by atoms with Crippen LogP contribution in [-0.4, -0.2) is 39.3 Å². The van der Waals surface area contributed by atoms with Crippen molar-refractivity contribution in [2.45, 2.75) is 52.7 Å². The summed E-state index contributed by atoms with van der Waals surface area (Å²) in [5, 5.41) is 10.9. The largest absolute Gasteiger partial charge is 1.00 e. The number of carbonyl (C=O) groups is 3. The summed E-state index contributed by atoms with van der Waals surface area (Å²) in [5.41, 5.74) is -2.29. The standard InChI is InChI=1S/C15H21N3O6.Na/c1-14(2,3)23-12(21)18(13(22)24-15(4,5)6)11-16-8-7-9(17-11)10(19)20;/h7-8H,1-6H3,(H,19,20);/q;+1/p-1. The molecule has 0 bridgehead atoms. The van der Waals surface area contributed by atoms with E-state index in [1.807, 2.05) is 0 Å². The summed E-state index contributed by atoms with van der Waals surface area (Å²) in [6, 6.07) is 1.07. The third-order valence-electron chi connectivity index (χ3n) is 2.20. The Hall–Kier alpha value is -1.71. The Morgan fingerprint density at radius 2 is 1.44 bits per heavy atom. The molecule has 0 fully saturated rings. The second-order valence-electron chi connectivity index (χ2n) is 6.83. The molecule has 10 heteroatoms. The topological polar surface area (TPSA) is 122 Å². The van der Waals surface area contributed by atoms with E-state index < -0.39 is 41.0 Å². The first-order valence-electron chi connectivity index (χ1n) is 7.10. The van der Waals surface area contributed by atoms with Gasteiger partial charge in [-0.2, -0.15) is 0 Å². The molecule has 9 nitrogen and oxygen atoms in total. The van der Waals surface area contributed by atoms with Crippen molar-refractivity contribution >= 4 is 24.1 Å². The number of imide groups is 1. The number of aromatic nitrogens is 2. The number of carboxylic acids is 1. The Balaban J connectivity index is 0.00000576. The second-order valence-corrected chi connectivity index (χ2v) is 6.83. The van der Waals surface area contributed by atoms with Crippen molar-refractivity contribution < 1.29 is 58.5 Å². The van der Waals surface area contributed by atoms with Gasteiger partial charge in [0.25, 0.3) is 0 Å². The van der Waals surface area contributed by atoms with Crippen molar-refractivity contribution in [3.63, 3.8) is 0 Å². The molecule has 0 saturated carbocycles. The van der Waals surface area contributed by atoms with Crippen LogP contribution in [0.25, 0.3) is 0 Å². The van der Waals surface area contributed by atoms with Gasteiger partial charge >= 0.3 is 41.7 Å². The van der Waals surface area contributed by atoms with E-state index in [9.17, 15) is 19.5 Å². The number of aromatic carboxylic acids is 1. The minimum Gasteiger partial charge on any atom is -0.543 e. The van der Waals surface area contributed by atoms with E-state index in [0.29, 0.717) is 4.90 Å². The Morgan fingerprint density at radius 3 is 1.80 bits per heavy atom. The van der Waals surface area contributed by atoms with Gasteiger partial charge in [-0.15, -0.1) is 4.90 Å². The van der Waals surface area contributed by atoms with Gasteiger partial charge in [-0.1, -0.05) is 0 Å². The van der Waals surface area contributed by atoms with Crippen LogP contribution in [0.4, 0.5) is 15.5 Å². The number of nitrogens with zero attached hydrogens (tertiary/aromatic N) is 3. The number of hydrogen-bond acceptors (Lipinski definition) is 8. The minimum atomic E-state index is -1.58. The van der Waals surface area contributed by atoms with Gasteiger partial charge in [0.15, 0.2) is 0 Å². The third kappa shape index (κ3) is 7.80. The second kappa shape index (κ2) is 8.59. The summed E-state index contributed by atoms with van der Waals surface area (Å²) in [4.78, 5) is 43.4. The summed E-state index contributed by atoms with van der Waals surface area (Å²) < 4.78 is 10.3. The summed E-state index contributed by atoms with van der Waals surface area (Å²) in [6.07, 6.45) is -1.10. The monoisotopic (exact) mass is 361 g/mol. The molecule has 0 aliphatic rings. The molecule has 0 saturated heterocycles. The molecule has 0 N–H and O–H groups in total. The van der Waals surface area contributed by atoms with E-state index in [4.69, 9.17) is 9.47 Å². The molecule has 1 heterocycles. The van der Waals surface area contributed by atoms with Crippen LogP contribution < -0.4 is 39.6 Å². The van der Waals surface area contributed by atoms with Crippen molar-refractivity contribution in [1.29, 1.82) is 0 Å². The van der Waals surface area contributed by atoms with E-state index in [2.05, 4.69) is 9.97 Å². The average Bonchev–Trinajstić information content (AvgIpc) is 2.34. The fourth-order valence-electron chi connectivity index (χ4n) is 1.42. The predicted octanol–water partition coefficient (Wildman–Crippen LogP) is -1.48. The molecular formula is C15H20N3NaO6. The van der Waals surface area contributed by atoms with Crippen molar-refractivity contribution in [2.24, 2.45) is 0 Å². The summed E-state index contributed by atoms with van der Waals surface area (Å²) in [7, 11) is 0. The van der Waals surface area contributed by atoms with E-state index in [1.54, 1.807) is 41.5 Å². The van der Waals surface area contributed by atoms with Crippen LogP contribution in [0.1, 0.15) is 52.0 Å². The van der Waals surface area contributed by atoms with Gasteiger partial charge in [-0.25, -0.2) is 19.6 Å². The summed E-state index contributed by atoms with van der Waals surface area (Å²) in [6.45, 7) is 9.65. The van der Waals surface area contributed by atoms with Crippen LogP contribution in [0, 0.1) is 0 Å². The summed E-state index contributed by atoms with van der Waals surface area (Å²) >= 11 is 0. The number of rotatable bonds is 2. The molecule has 0 aliphatic heterocycles. The summed E-state index contributed by atoms with van der Waals surface area (Å²) in [5.74, 6) is -2.06.